The first kappa shape index (κ1) is 12.3. The van der Waals surface area contributed by atoms with Gasteiger partial charge in [-0.15, -0.1) is 11.3 Å². The lowest BCUT2D eigenvalue weighted by Crippen LogP contribution is -2.00. The Morgan fingerprint density at radius 3 is 2.95 bits per heavy atom. The molecular formula is C14H12N2OS2. The summed E-state index contributed by atoms with van der Waals surface area (Å²) in [6, 6.07) is 9.88. The largest absolute Gasteiger partial charge is 0.396 e. The fourth-order valence-electron chi connectivity index (χ4n) is 1.96. The summed E-state index contributed by atoms with van der Waals surface area (Å²) in [5, 5.41) is 3.24. The van der Waals surface area contributed by atoms with Crippen molar-refractivity contribution in [3.05, 3.63) is 53.7 Å². The van der Waals surface area contributed by atoms with Crippen molar-refractivity contribution in [2.24, 2.45) is 0 Å². The number of nitrogen functional groups attached to an aromatic ring is 1. The number of benzene rings is 1. The van der Waals surface area contributed by atoms with Crippen LogP contribution < -0.4 is 5.73 Å². The van der Waals surface area contributed by atoms with E-state index in [9.17, 15) is 4.21 Å². The smallest absolute Gasteiger partial charge is 0.0664 e. The lowest BCUT2D eigenvalue weighted by molar-refractivity contribution is 0.683. The zero-order valence-corrected chi connectivity index (χ0v) is 11.7. The number of nitrogens with two attached hydrogens (primary N) is 1. The highest BCUT2D eigenvalue weighted by atomic mass is 32.2. The Morgan fingerprint density at radius 2 is 2.11 bits per heavy atom. The van der Waals surface area contributed by atoms with Crippen molar-refractivity contribution in [1.82, 2.24) is 4.98 Å². The molecule has 3 rings (SSSR count). The molecule has 96 valence electrons. The number of aromatic nitrogens is 1. The van der Waals surface area contributed by atoms with Gasteiger partial charge in [-0.05, 0) is 28.5 Å². The lowest BCUT2D eigenvalue weighted by atomic mass is 10.2. The van der Waals surface area contributed by atoms with Crippen LogP contribution in [-0.4, -0.2) is 9.19 Å². The molecule has 0 aliphatic heterocycles. The van der Waals surface area contributed by atoms with Crippen LogP contribution in [0.25, 0.3) is 10.1 Å². The van der Waals surface area contributed by atoms with E-state index < -0.39 is 10.8 Å². The van der Waals surface area contributed by atoms with E-state index in [2.05, 4.69) is 22.5 Å². The molecule has 3 aromatic rings. The van der Waals surface area contributed by atoms with E-state index in [0.29, 0.717) is 16.3 Å². The molecule has 0 bridgehead atoms. The van der Waals surface area contributed by atoms with Crippen LogP contribution in [-0.2, 0) is 16.6 Å². The van der Waals surface area contributed by atoms with Gasteiger partial charge in [-0.1, -0.05) is 18.2 Å². The third kappa shape index (κ3) is 2.39. The van der Waals surface area contributed by atoms with Gasteiger partial charge < -0.3 is 5.73 Å². The molecule has 2 heterocycles. The van der Waals surface area contributed by atoms with Gasteiger partial charge in [0.15, 0.2) is 0 Å². The molecule has 0 aliphatic rings. The Morgan fingerprint density at radius 1 is 1.26 bits per heavy atom. The summed E-state index contributed by atoms with van der Waals surface area (Å²) in [6.45, 7) is 0. The van der Waals surface area contributed by atoms with Crippen molar-refractivity contribution >= 4 is 37.9 Å². The Bertz CT molecular complexity index is 752. The average molecular weight is 288 g/mol. The number of thiophene rings is 1. The highest BCUT2D eigenvalue weighted by Crippen LogP contribution is 2.28. The van der Waals surface area contributed by atoms with Crippen LogP contribution in [0.3, 0.4) is 0 Å². The second-order valence-electron chi connectivity index (χ2n) is 4.16. The first-order valence-corrected chi connectivity index (χ1v) is 7.98. The van der Waals surface area contributed by atoms with Gasteiger partial charge in [-0.3, -0.25) is 9.19 Å². The first-order chi connectivity index (χ1) is 9.25. The van der Waals surface area contributed by atoms with Crippen molar-refractivity contribution < 1.29 is 4.21 Å². The molecular weight excluding hydrogens is 276 g/mol. The summed E-state index contributed by atoms with van der Waals surface area (Å²) in [6.07, 6.45) is 3.16. The maximum Gasteiger partial charge on any atom is 0.0664 e. The van der Waals surface area contributed by atoms with E-state index in [4.69, 9.17) is 5.73 Å². The number of pyridine rings is 1. The van der Waals surface area contributed by atoms with Crippen molar-refractivity contribution in [2.45, 2.75) is 10.6 Å². The van der Waals surface area contributed by atoms with Gasteiger partial charge in [-0.2, -0.15) is 0 Å². The monoisotopic (exact) mass is 288 g/mol. The fourth-order valence-corrected chi connectivity index (χ4v) is 4.24. The predicted molar refractivity (Wildman–Crippen MR) is 80.6 cm³/mol. The van der Waals surface area contributed by atoms with Crippen LogP contribution in [0, 0.1) is 0 Å². The summed E-state index contributed by atoms with van der Waals surface area (Å²) in [7, 11) is -1.14. The average Bonchev–Trinajstić information content (AvgIpc) is 2.83. The molecule has 0 saturated heterocycles. The SMILES string of the molecule is Nc1cnccc1S(=O)Cc1csc2ccccc12. The predicted octanol–water partition coefficient (Wildman–Crippen LogP) is 3.19. The van der Waals surface area contributed by atoms with Crippen molar-refractivity contribution in [3.8, 4) is 0 Å². The molecule has 0 radical (unpaired) electrons. The summed E-state index contributed by atoms with van der Waals surface area (Å²) < 4.78 is 13.6. The minimum atomic E-state index is -1.14. The minimum absolute atomic E-state index is 0.484. The Kier molecular flexibility index (Phi) is 3.31. The molecule has 1 unspecified atom stereocenters. The standard InChI is InChI=1S/C14H12N2OS2/c15-12-7-16-6-5-14(12)19(17)9-10-8-18-13-4-2-1-3-11(10)13/h1-8H,9,15H2. The molecule has 0 amide bonds. The zero-order chi connectivity index (χ0) is 13.2. The first-order valence-electron chi connectivity index (χ1n) is 5.78. The Hall–Kier alpha value is -1.72. The molecule has 0 fully saturated rings. The summed E-state index contributed by atoms with van der Waals surface area (Å²) in [4.78, 5) is 4.57. The number of anilines is 1. The molecule has 2 aromatic heterocycles. The lowest BCUT2D eigenvalue weighted by Gasteiger charge is -2.04. The van der Waals surface area contributed by atoms with Gasteiger partial charge in [0.2, 0.25) is 0 Å². The van der Waals surface area contributed by atoms with Gasteiger partial charge in [0.05, 0.1) is 33.3 Å². The van der Waals surface area contributed by atoms with Crippen LogP contribution in [0.15, 0.2) is 53.0 Å². The molecule has 0 aliphatic carbocycles. The minimum Gasteiger partial charge on any atom is -0.396 e. The number of hydrogen-bond acceptors (Lipinski definition) is 4. The van der Waals surface area contributed by atoms with Crippen molar-refractivity contribution in [2.75, 3.05) is 5.73 Å². The number of rotatable bonds is 3. The van der Waals surface area contributed by atoms with Crippen molar-refractivity contribution in [3.63, 3.8) is 0 Å². The van der Waals surface area contributed by atoms with E-state index in [1.165, 1.54) is 10.1 Å². The summed E-state index contributed by atoms with van der Waals surface area (Å²) in [5.41, 5.74) is 7.40. The molecule has 1 atom stereocenters. The summed E-state index contributed by atoms with van der Waals surface area (Å²) in [5.74, 6) is 0.484. The second kappa shape index (κ2) is 5.11. The van der Waals surface area contributed by atoms with Gasteiger partial charge in [0, 0.05) is 10.9 Å². The third-order valence-electron chi connectivity index (χ3n) is 2.90. The Labute approximate surface area is 117 Å². The van der Waals surface area contributed by atoms with E-state index in [-0.39, 0.29) is 0 Å². The topological polar surface area (TPSA) is 56.0 Å². The molecule has 0 spiro atoms. The molecule has 1 aromatic carbocycles. The van der Waals surface area contributed by atoms with Crippen LogP contribution in [0.1, 0.15) is 5.56 Å². The van der Waals surface area contributed by atoms with Gasteiger partial charge in [-0.25, -0.2) is 0 Å². The molecule has 5 heteroatoms. The van der Waals surface area contributed by atoms with Gasteiger partial charge in [0.25, 0.3) is 0 Å². The fraction of sp³-hybridized carbons (Fsp3) is 0.0714. The van der Waals surface area contributed by atoms with Crippen molar-refractivity contribution in [1.29, 1.82) is 0 Å². The quantitative estimate of drug-likeness (QED) is 0.805. The number of hydrogen-bond donors (Lipinski definition) is 1. The second-order valence-corrected chi connectivity index (χ2v) is 6.49. The maximum atomic E-state index is 12.4. The summed E-state index contributed by atoms with van der Waals surface area (Å²) >= 11 is 1.68. The van der Waals surface area contributed by atoms with E-state index >= 15 is 0 Å². The molecule has 19 heavy (non-hydrogen) atoms. The normalized spacial score (nSPS) is 12.6. The maximum absolute atomic E-state index is 12.4. The number of fused-ring (bicyclic) bond motifs is 1. The van der Waals surface area contributed by atoms with Gasteiger partial charge in [0.1, 0.15) is 0 Å². The van der Waals surface area contributed by atoms with Crippen LogP contribution in [0.5, 0.6) is 0 Å². The highest BCUT2D eigenvalue weighted by Gasteiger charge is 2.11. The zero-order valence-electron chi connectivity index (χ0n) is 10.1. The molecule has 3 nitrogen and oxygen atoms in total. The van der Waals surface area contributed by atoms with Crippen LogP contribution >= 0.6 is 11.3 Å². The van der Waals surface area contributed by atoms with E-state index in [1.807, 2.05) is 12.1 Å². The van der Waals surface area contributed by atoms with E-state index in [0.717, 1.165) is 5.56 Å². The van der Waals surface area contributed by atoms with E-state index in [1.54, 1.807) is 29.8 Å². The molecule has 0 saturated carbocycles. The Balaban J connectivity index is 1.94. The highest BCUT2D eigenvalue weighted by molar-refractivity contribution is 7.84. The van der Waals surface area contributed by atoms with Crippen LogP contribution in [0.4, 0.5) is 5.69 Å². The number of nitrogens with zero attached hydrogens (tertiary/aromatic N) is 1. The molecule has 2 N–H and O–H groups in total. The van der Waals surface area contributed by atoms with Crippen LogP contribution in [0.2, 0.25) is 0 Å². The van der Waals surface area contributed by atoms with Gasteiger partial charge >= 0.3 is 0 Å². The third-order valence-corrected chi connectivity index (χ3v) is 5.35.